The highest BCUT2D eigenvalue weighted by Crippen LogP contribution is 2.09. The van der Waals surface area contributed by atoms with Crippen molar-refractivity contribution in [1.29, 1.82) is 0 Å². The van der Waals surface area contributed by atoms with Gasteiger partial charge >= 0.3 is 0 Å². The minimum atomic E-state index is 0. The van der Waals surface area contributed by atoms with Crippen LogP contribution >= 0.6 is 35.6 Å². The van der Waals surface area contributed by atoms with E-state index in [9.17, 15) is 0 Å². The topological polar surface area (TPSA) is 12.9 Å². The summed E-state index contributed by atoms with van der Waals surface area (Å²) in [5, 5.41) is 0.633. The fourth-order valence-corrected chi connectivity index (χ4v) is 0.872. The van der Waals surface area contributed by atoms with Gasteiger partial charge in [0.25, 0.3) is 0 Å². The summed E-state index contributed by atoms with van der Waals surface area (Å²) >= 11 is 11.1. The maximum Gasteiger partial charge on any atom is 0.0592 e. The van der Waals surface area contributed by atoms with Gasteiger partial charge in [-0.15, -0.1) is 24.0 Å². The molecule has 0 aromatic carbocycles. The van der Waals surface area contributed by atoms with Crippen molar-refractivity contribution in [1.82, 2.24) is 4.98 Å². The highest BCUT2D eigenvalue weighted by molar-refractivity contribution is 6.30. The largest absolute Gasteiger partial charge is 0.263 e. The molecule has 1 rings (SSSR count). The summed E-state index contributed by atoms with van der Waals surface area (Å²) in [7, 11) is 0. The van der Waals surface area contributed by atoms with Gasteiger partial charge < -0.3 is 0 Å². The molecule has 0 atom stereocenters. The van der Waals surface area contributed by atoms with Crippen LogP contribution in [0.5, 0.6) is 0 Å². The van der Waals surface area contributed by atoms with Crippen LogP contribution < -0.4 is 0 Å². The van der Waals surface area contributed by atoms with Crippen LogP contribution in [0.2, 0.25) is 5.02 Å². The highest BCUT2D eigenvalue weighted by atomic mass is 35.5. The van der Waals surface area contributed by atoms with Crippen molar-refractivity contribution in [2.75, 3.05) is 0 Å². The monoisotopic (exact) mass is 197 g/mol. The molecule has 0 amide bonds. The minimum absolute atomic E-state index is 0. The predicted molar refractivity (Wildman–Crippen MR) is 46.1 cm³/mol. The van der Waals surface area contributed by atoms with Crippen LogP contribution in [0.3, 0.4) is 0 Å². The molecule has 0 bridgehead atoms. The Kier molecular flexibility index (Phi) is 4.79. The summed E-state index contributed by atoms with van der Waals surface area (Å²) in [5.74, 6) is 0.466. The Morgan fingerprint density at radius 2 is 2.10 bits per heavy atom. The summed E-state index contributed by atoms with van der Waals surface area (Å²) in [5.41, 5.74) is 0.948. The van der Waals surface area contributed by atoms with Gasteiger partial charge in [0.15, 0.2) is 0 Å². The van der Waals surface area contributed by atoms with E-state index >= 15 is 0 Å². The van der Waals surface area contributed by atoms with Gasteiger partial charge in [-0.25, -0.2) is 0 Å². The zero-order chi connectivity index (χ0) is 6.69. The average molecular weight is 198 g/mol. The zero-order valence-corrected chi connectivity index (χ0v) is 7.38. The number of nitrogens with zero attached hydrogens (tertiary/aromatic N) is 1. The Labute approximate surface area is 75.8 Å². The van der Waals surface area contributed by atoms with Crippen molar-refractivity contribution in [3.8, 4) is 0 Å². The molecule has 0 unspecified atom stereocenters. The molecule has 0 aliphatic rings. The van der Waals surface area contributed by atoms with Gasteiger partial charge in [0, 0.05) is 18.3 Å². The number of rotatable bonds is 1. The second kappa shape index (κ2) is 4.78. The standard InChI is InChI=1S/C6H5Cl2N.ClH/c7-2-5-1-6(8)4-9-3-5;/h1,3-4H,2H2;1H. The average Bonchev–Trinajstić information content (AvgIpc) is 1.88. The normalized spacial score (nSPS) is 8.60. The van der Waals surface area contributed by atoms with Crippen molar-refractivity contribution in [3.63, 3.8) is 0 Å². The summed E-state index contributed by atoms with van der Waals surface area (Å²) in [6.45, 7) is 0. The first-order valence-electron chi connectivity index (χ1n) is 2.48. The number of hydrogen-bond acceptors (Lipinski definition) is 1. The second-order valence-electron chi connectivity index (χ2n) is 1.65. The molecule has 0 fully saturated rings. The van der Waals surface area contributed by atoms with Crippen LogP contribution in [0.4, 0.5) is 0 Å². The summed E-state index contributed by atoms with van der Waals surface area (Å²) in [6.07, 6.45) is 3.27. The van der Waals surface area contributed by atoms with Gasteiger partial charge in [-0.1, -0.05) is 11.6 Å². The number of halogens is 3. The van der Waals surface area contributed by atoms with Crippen LogP contribution in [0, 0.1) is 0 Å². The fourth-order valence-electron chi connectivity index (χ4n) is 0.529. The third-order valence-electron chi connectivity index (χ3n) is 0.916. The third kappa shape index (κ3) is 2.74. The van der Waals surface area contributed by atoms with E-state index in [4.69, 9.17) is 23.2 Å². The Morgan fingerprint density at radius 3 is 2.50 bits per heavy atom. The predicted octanol–water partition coefficient (Wildman–Crippen LogP) is 2.90. The maximum atomic E-state index is 5.60. The summed E-state index contributed by atoms with van der Waals surface area (Å²) in [6, 6.07) is 1.79. The molecule has 0 radical (unpaired) electrons. The molecule has 1 aromatic rings. The first kappa shape index (κ1) is 10.0. The highest BCUT2D eigenvalue weighted by Gasteiger charge is 1.89. The van der Waals surface area contributed by atoms with Crippen molar-refractivity contribution in [3.05, 3.63) is 29.0 Å². The van der Waals surface area contributed by atoms with Gasteiger partial charge in [-0.05, 0) is 11.6 Å². The number of pyridine rings is 1. The quantitative estimate of drug-likeness (QED) is 0.632. The molecule has 10 heavy (non-hydrogen) atoms. The molecule has 0 saturated carbocycles. The maximum absolute atomic E-state index is 5.60. The lowest BCUT2D eigenvalue weighted by Gasteiger charge is -1.91. The summed E-state index contributed by atoms with van der Waals surface area (Å²) in [4.78, 5) is 3.84. The Morgan fingerprint density at radius 1 is 1.40 bits per heavy atom. The van der Waals surface area contributed by atoms with Crippen LogP contribution in [-0.4, -0.2) is 4.98 Å². The Bertz CT molecular complexity index is 202. The van der Waals surface area contributed by atoms with Crippen molar-refractivity contribution >= 4 is 35.6 Å². The van der Waals surface area contributed by atoms with Crippen molar-refractivity contribution < 1.29 is 0 Å². The molecule has 0 aliphatic heterocycles. The fraction of sp³-hybridized carbons (Fsp3) is 0.167. The van der Waals surface area contributed by atoms with Crippen molar-refractivity contribution in [2.45, 2.75) is 5.88 Å². The molecule has 0 saturated heterocycles. The van der Waals surface area contributed by atoms with E-state index in [-0.39, 0.29) is 12.4 Å². The molecule has 56 valence electrons. The van der Waals surface area contributed by atoms with Gasteiger partial charge in [-0.3, -0.25) is 4.98 Å². The van der Waals surface area contributed by atoms with Gasteiger partial charge in [0.1, 0.15) is 0 Å². The van der Waals surface area contributed by atoms with E-state index in [0.717, 1.165) is 5.56 Å². The molecule has 4 heteroatoms. The number of alkyl halides is 1. The van der Waals surface area contributed by atoms with Crippen LogP contribution in [0.1, 0.15) is 5.56 Å². The molecular formula is C6H6Cl3N. The lowest BCUT2D eigenvalue weighted by molar-refractivity contribution is 1.25. The second-order valence-corrected chi connectivity index (χ2v) is 2.35. The molecule has 0 N–H and O–H groups in total. The smallest absolute Gasteiger partial charge is 0.0592 e. The zero-order valence-electron chi connectivity index (χ0n) is 5.05. The number of hydrogen-bond donors (Lipinski definition) is 0. The number of aromatic nitrogens is 1. The first-order valence-corrected chi connectivity index (χ1v) is 3.39. The molecule has 1 aromatic heterocycles. The van der Waals surface area contributed by atoms with E-state index in [1.165, 1.54) is 0 Å². The molecule has 1 heterocycles. The first-order chi connectivity index (χ1) is 4.33. The van der Waals surface area contributed by atoms with E-state index < -0.39 is 0 Å². The lowest BCUT2D eigenvalue weighted by Crippen LogP contribution is -1.78. The third-order valence-corrected chi connectivity index (χ3v) is 1.43. The minimum Gasteiger partial charge on any atom is -0.263 e. The molecular weight excluding hydrogens is 192 g/mol. The summed E-state index contributed by atoms with van der Waals surface area (Å²) < 4.78 is 0. The van der Waals surface area contributed by atoms with Crippen LogP contribution in [-0.2, 0) is 5.88 Å². The van der Waals surface area contributed by atoms with E-state index in [0.29, 0.717) is 10.9 Å². The Hall–Kier alpha value is 0.0200. The molecule has 0 aliphatic carbocycles. The lowest BCUT2D eigenvalue weighted by atomic mass is 10.3. The van der Waals surface area contributed by atoms with Gasteiger partial charge in [-0.2, -0.15) is 0 Å². The van der Waals surface area contributed by atoms with E-state index in [2.05, 4.69) is 4.98 Å². The van der Waals surface area contributed by atoms with E-state index in [1.807, 2.05) is 0 Å². The van der Waals surface area contributed by atoms with Gasteiger partial charge in [0.05, 0.1) is 5.02 Å². The van der Waals surface area contributed by atoms with Crippen LogP contribution in [0.25, 0.3) is 0 Å². The van der Waals surface area contributed by atoms with Crippen molar-refractivity contribution in [2.24, 2.45) is 0 Å². The van der Waals surface area contributed by atoms with Crippen LogP contribution in [0.15, 0.2) is 18.5 Å². The molecule has 0 spiro atoms. The molecule has 1 nitrogen and oxygen atoms in total. The Balaban J connectivity index is 0.000000810. The van der Waals surface area contributed by atoms with Gasteiger partial charge in [0.2, 0.25) is 0 Å². The van der Waals surface area contributed by atoms with E-state index in [1.54, 1.807) is 18.5 Å². The SMILES string of the molecule is Cl.ClCc1cncc(Cl)c1.